The van der Waals surface area contributed by atoms with E-state index in [4.69, 9.17) is 16.3 Å². The molecule has 5 heterocycles. The first kappa shape index (κ1) is 35.7. The van der Waals surface area contributed by atoms with Crippen molar-refractivity contribution in [3.63, 3.8) is 0 Å². The van der Waals surface area contributed by atoms with E-state index < -0.39 is 18.1 Å². The fraction of sp³-hybridized carbons (Fsp3) is 0.615. The number of pyridine rings is 1. The van der Waals surface area contributed by atoms with Crippen molar-refractivity contribution in [1.82, 2.24) is 24.6 Å². The minimum atomic E-state index is -0.652. The minimum Gasteiger partial charge on any atom is -0.368 e. The number of rotatable bonds is 7. The van der Waals surface area contributed by atoms with Crippen LogP contribution in [-0.2, 0) is 19.1 Å². The minimum absolute atomic E-state index is 0.0209. The number of piperazine rings is 1. The molecule has 5 fully saturated rings. The Kier molecular flexibility index (Phi) is 10.8. The largest absolute Gasteiger partial charge is 0.368 e. The van der Waals surface area contributed by atoms with Crippen LogP contribution < -0.4 is 4.90 Å². The number of nitriles is 1. The smallest absolute Gasteiger partial charge is 0.252 e. The van der Waals surface area contributed by atoms with Crippen molar-refractivity contribution >= 4 is 35.1 Å². The molecule has 0 N–H and O–H groups in total. The molecule has 272 valence electrons. The number of likely N-dealkylation sites (tertiary alicyclic amines) is 1. The van der Waals surface area contributed by atoms with Gasteiger partial charge in [0.2, 0.25) is 11.8 Å². The normalized spacial score (nSPS) is 30.0. The van der Waals surface area contributed by atoms with Crippen molar-refractivity contribution < 1.29 is 19.1 Å². The van der Waals surface area contributed by atoms with E-state index in [1.54, 1.807) is 12.3 Å². The van der Waals surface area contributed by atoms with Gasteiger partial charge in [-0.25, -0.2) is 4.98 Å². The molecule has 3 amide bonds. The van der Waals surface area contributed by atoms with Crippen molar-refractivity contribution in [1.29, 1.82) is 5.26 Å². The number of nitrogens with zero attached hydrogens (tertiary/aromatic N) is 7. The molecule has 5 atom stereocenters. The van der Waals surface area contributed by atoms with E-state index in [1.807, 2.05) is 40.1 Å². The highest BCUT2D eigenvalue weighted by Crippen LogP contribution is 2.40. The summed E-state index contributed by atoms with van der Waals surface area (Å²) in [6.45, 7) is 6.96. The number of hydrogen-bond acceptors (Lipinski definition) is 8. The van der Waals surface area contributed by atoms with Gasteiger partial charge in [-0.2, -0.15) is 5.26 Å². The van der Waals surface area contributed by atoms with Crippen molar-refractivity contribution in [2.24, 2.45) is 11.8 Å². The molecule has 12 heteroatoms. The molecule has 0 bridgehead atoms. The van der Waals surface area contributed by atoms with E-state index in [0.717, 1.165) is 50.8 Å². The van der Waals surface area contributed by atoms with Crippen LogP contribution in [0.1, 0.15) is 68.9 Å². The summed E-state index contributed by atoms with van der Waals surface area (Å²) < 4.78 is 5.95. The van der Waals surface area contributed by atoms with Crippen LogP contribution in [0, 0.1) is 23.2 Å². The maximum Gasteiger partial charge on any atom is 0.252 e. The molecule has 4 aliphatic heterocycles. The summed E-state index contributed by atoms with van der Waals surface area (Å²) >= 11 is 6.29. The molecule has 1 aromatic carbocycles. The Hall–Kier alpha value is -3.72. The summed E-state index contributed by atoms with van der Waals surface area (Å²) in [6.07, 6.45) is 7.07. The van der Waals surface area contributed by atoms with Gasteiger partial charge in [0.15, 0.2) is 0 Å². The Balaban J connectivity index is 1.21. The maximum absolute atomic E-state index is 15.1. The highest BCUT2D eigenvalue weighted by molar-refractivity contribution is 6.30. The Bertz CT molecular complexity index is 1590. The number of carbonyl (C=O) groups excluding carboxylic acids is 3. The van der Waals surface area contributed by atoms with Crippen LogP contribution in [0.3, 0.4) is 0 Å². The number of hydrogen-bond donors (Lipinski definition) is 0. The molecule has 1 aliphatic carbocycles. The quantitative estimate of drug-likeness (QED) is 0.420. The first-order chi connectivity index (χ1) is 24.7. The summed E-state index contributed by atoms with van der Waals surface area (Å²) in [7, 11) is 2.06. The van der Waals surface area contributed by atoms with E-state index in [1.165, 1.54) is 0 Å². The molecule has 1 saturated carbocycles. The van der Waals surface area contributed by atoms with Crippen LogP contribution in [-0.4, -0.2) is 126 Å². The van der Waals surface area contributed by atoms with Crippen molar-refractivity contribution in [2.75, 3.05) is 64.4 Å². The SMILES string of the molecule is CC1CCC(N(C(=O)[C@@H]2CCCO2)[C@H]2C[C@H](C(=O)N3CCN(C)CC3)N(C(=O)[C@@H]3CN(c4ccc(C#N)cn4)C[C@H]3c3ccc(Cl)cc3)C2)CC1. The lowest BCUT2D eigenvalue weighted by Crippen LogP contribution is -2.54. The zero-order valence-corrected chi connectivity index (χ0v) is 30.6. The molecule has 11 nitrogen and oxygen atoms in total. The van der Waals surface area contributed by atoms with E-state index in [0.29, 0.717) is 74.5 Å². The first-order valence-electron chi connectivity index (χ1n) is 18.8. The Morgan fingerprint density at radius 3 is 2.31 bits per heavy atom. The molecule has 7 rings (SSSR count). The Labute approximate surface area is 306 Å². The zero-order valence-electron chi connectivity index (χ0n) is 29.8. The predicted octanol–water partition coefficient (Wildman–Crippen LogP) is 4.16. The van der Waals surface area contributed by atoms with Crippen LogP contribution in [0.25, 0.3) is 0 Å². The first-order valence-corrected chi connectivity index (χ1v) is 19.2. The fourth-order valence-electron chi connectivity index (χ4n) is 8.99. The predicted molar refractivity (Wildman–Crippen MR) is 194 cm³/mol. The fourth-order valence-corrected chi connectivity index (χ4v) is 9.12. The topological polar surface area (TPSA) is 113 Å². The number of likely N-dealkylation sites (N-methyl/N-ethyl adjacent to an activating group) is 1. The molecule has 0 radical (unpaired) electrons. The molecular weight excluding hydrogens is 666 g/mol. The maximum atomic E-state index is 15.1. The number of ether oxygens (including phenoxy) is 1. The Morgan fingerprint density at radius 1 is 0.922 bits per heavy atom. The number of anilines is 1. The van der Waals surface area contributed by atoms with Crippen LogP contribution >= 0.6 is 11.6 Å². The third-order valence-electron chi connectivity index (χ3n) is 12.0. The van der Waals surface area contributed by atoms with Gasteiger partial charge in [-0.05, 0) is 87.7 Å². The molecule has 51 heavy (non-hydrogen) atoms. The molecule has 0 unspecified atom stereocenters. The Morgan fingerprint density at radius 2 is 1.67 bits per heavy atom. The highest BCUT2D eigenvalue weighted by Gasteiger charge is 2.51. The molecule has 0 spiro atoms. The van der Waals surface area contributed by atoms with Gasteiger partial charge in [-0.15, -0.1) is 0 Å². The molecule has 2 aromatic rings. The lowest BCUT2D eigenvalue weighted by molar-refractivity contribution is -0.148. The van der Waals surface area contributed by atoms with Gasteiger partial charge in [0.1, 0.15) is 24.0 Å². The highest BCUT2D eigenvalue weighted by atomic mass is 35.5. The van der Waals surface area contributed by atoms with Gasteiger partial charge in [0.25, 0.3) is 5.91 Å². The standard InChI is InChI=1S/C39H50ClN7O4/c1-26-5-12-30(13-6-26)47(39(50)35-4-3-19-51-35)31-20-34(38(49)44-17-15-43(2)16-18-44)46(23-31)37(48)33-25-45(36-14-7-27(21-41)22-42-36)24-32(33)28-8-10-29(40)11-9-28/h7-11,14,22,26,30-35H,3-6,12-13,15-20,23-25H2,1-2H3/t26?,30?,31-,32-,33+,34+,35-/m0/s1. The molecule has 1 aromatic heterocycles. The van der Waals surface area contributed by atoms with Crippen LogP contribution in [0.5, 0.6) is 0 Å². The number of halogens is 1. The van der Waals surface area contributed by atoms with Crippen molar-refractivity contribution in [3.8, 4) is 6.07 Å². The summed E-state index contributed by atoms with van der Waals surface area (Å²) in [5, 5.41) is 9.97. The number of benzene rings is 1. The van der Waals surface area contributed by atoms with E-state index in [9.17, 15) is 14.9 Å². The molecule has 5 aliphatic rings. The lowest BCUT2D eigenvalue weighted by Gasteiger charge is -2.41. The second-order valence-electron chi connectivity index (χ2n) is 15.4. The third kappa shape index (κ3) is 7.60. The summed E-state index contributed by atoms with van der Waals surface area (Å²) in [5.41, 5.74) is 1.47. The third-order valence-corrected chi connectivity index (χ3v) is 12.3. The van der Waals surface area contributed by atoms with Crippen LogP contribution in [0.2, 0.25) is 5.02 Å². The van der Waals surface area contributed by atoms with Crippen LogP contribution in [0.4, 0.5) is 5.82 Å². The number of carbonyl (C=O) groups is 3. The number of aromatic nitrogens is 1. The van der Waals surface area contributed by atoms with E-state index in [2.05, 4.69) is 39.7 Å². The second-order valence-corrected chi connectivity index (χ2v) is 15.8. The van der Waals surface area contributed by atoms with Crippen LogP contribution in [0.15, 0.2) is 42.6 Å². The molecule has 4 saturated heterocycles. The van der Waals surface area contributed by atoms with Gasteiger partial charge in [-0.1, -0.05) is 30.7 Å². The van der Waals surface area contributed by atoms with Crippen molar-refractivity contribution in [2.45, 2.75) is 82.0 Å². The van der Waals surface area contributed by atoms with E-state index in [-0.39, 0.29) is 35.7 Å². The monoisotopic (exact) mass is 715 g/mol. The average molecular weight is 716 g/mol. The van der Waals surface area contributed by atoms with Gasteiger partial charge < -0.3 is 29.2 Å². The summed E-state index contributed by atoms with van der Waals surface area (Å²) in [4.78, 5) is 58.7. The van der Waals surface area contributed by atoms with Crippen molar-refractivity contribution in [3.05, 3.63) is 58.7 Å². The van der Waals surface area contributed by atoms with E-state index >= 15 is 4.79 Å². The molecular formula is C39H50ClN7O4. The van der Waals surface area contributed by atoms with Gasteiger partial charge in [0, 0.05) is 75.6 Å². The number of amides is 3. The lowest BCUT2D eigenvalue weighted by atomic mass is 9.85. The van der Waals surface area contributed by atoms with Gasteiger partial charge >= 0.3 is 0 Å². The second kappa shape index (κ2) is 15.5. The summed E-state index contributed by atoms with van der Waals surface area (Å²) in [6, 6.07) is 12.5. The van der Waals surface area contributed by atoms with Gasteiger partial charge in [-0.3, -0.25) is 14.4 Å². The average Bonchev–Trinajstić information content (AvgIpc) is 3.94. The zero-order chi connectivity index (χ0) is 35.6. The van der Waals surface area contributed by atoms with Gasteiger partial charge in [0.05, 0.1) is 17.5 Å². The summed E-state index contributed by atoms with van der Waals surface area (Å²) in [5.74, 6) is 0.630.